The summed E-state index contributed by atoms with van der Waals surface area (Å²) >= 11 is 0. The van der Waals surface area contributed by atoms with E-state index in [9.17, 15) is 17.8 Å². The van der Waals surface area contributed by atoms with Gasteiger partial charge in [-0.05, 0) is 72.8 Å². The Morgan fingerprint density at radius 2 is 1.06 bits per heavy atom. The Labute approximate surface area is 188 Å². The van der Waals surface area contributed by atoms with Gasteiger partial charge in [0.1, 0.15) is 0 Å². The molecule has 3 aromatic rings. The van der Waals surface area contributed by atoms with Crippen molar-refractivity contribution in [2.75, 3.05) is 48.2 Å². The summed E-state index contributed by atoms with van der Waals surface area (Å²) in [7, 11) is 3.38. The number of hydrogen-bond acceptors (Lipinski definition) is 5. The van der Waals surface area contributed by atoms with Crippen LogP contribution in [0.5, 0.6) is 0 Å². The van der Waals surface area contributed by atoms with Crippen LogP contribution in [0, 0.1) is 0 Å². The zero-order valence-electron chi connectivity index (χ0n) is 18.4. The number of carbonyl (C=O) groups excluding carboxylic acids is 1. The van der Waals surface area contributed by atoms with Gasteiger partial charge in [-0.3, -0.25) is 9.45 Å². The molecular formula is C23H26N4O4S. The fraction of sp³-hybridized carbons (Fsp3) is 0.174. The van der Waals surface area contributed by atoms with E-state index in [1.807, 2.05) is 74.4 Å². The minimum absolute atomic E-state index is 0.246. The molecule has 2 amide bonds. The number of urea groups is 1. The molecule has 0 heterocycles. The molecule has 3 rings (SSSR count). The molecule has 2 N–H and O–H groups in total. The number of anilines is 5. The number of benzene rings is 3. The Balaban J connectivity index is 1.96. The molecule has 0 saturated carbocycles. The van der Waals surface area contributed by atoms with Gasteiger partial charge in [0.25, 0.3) is 10.1 Å². The first-order chi connectivity index (χ1) is 15.1. The zero-order chi connectivity index (χ0) is 23.5. The molecule has 0 aliphatic heterocycles. The predicted molar refractivity (Wildman–Crippen MR) is 129 cm³/mol. The van der Waals surface area contributed by atoms with Gasteiger partial charge < -0.3 is 15.1 Å². The molecule has 3 aromatic carbocycles. The number of amides is 2. The summed E-state index contributed by atoms with van der Waals surface area (Å²) in [5, 5.41) is 2.88. The molecule has 0 aliphatic rings. The second-order valence-electron chi connectivity index (χ2n) is 7.59. The monoisotopic (exact) mass is 454 g/mol. The highest BCUT2D eigenvalue weighted by Gasteiger charge is 2.20. The smallest absolute Gasteiger partial charge is 0.330 e. The van der Waals surface area contributed by atoms with Crippen molar-refractivity contribution < 1.29 is 17.8 Å². The minimum Gasteiger partial charge on any atom is -0.378 e. The van der Waals surface area contributed by atoms with E-state index < -0.39 is 16.1 Å². The third-order valence-corrected chi connectivity index (χ3v) is 5.72. The van der Waals surface area contributed by atoms with Gasteiger partial charge in [0.15, 0.2) is 0 Å². The van der Waals surface area contributed by atoms with Gasteiger partial charge in [0.05, 0.1) is 16.3 Å². The van der Waals surface area contributed by atoms with Gasteiger partial charge >= 0.3 is 6.03 Å². The summed E-state index contributed by atoms with van der Waals surface area (Å²) in [6.45, 7) is 0. The molecule has 9 heteroatoms. The first kappa shape index (κ1) is 23.1. The summed E-state index contributed by atoms with van der Waals surface area (Å²) in [5.41, 5.74) is 3.62. The molecule has 0 bridgehead atoms. The first-order valence-corrected chi connectivity index (χ1v) is 11.2. The Kier molecular flexibility index (Phi) is 6.71. The van der Waals surface area contributed by atoms with E-state index in [1.54, 1.807) is 12.1 Å². The van der Waals surface area contributed by atoms with Crippen molar-refractivity contribution in [3.05, 3.63) is 72.8 Å². The van der Waals surface area contributed by atoms with Crippen LogP contribution in [-0.2, 0) is 10.1 Å². The summed E-state index contributed by atoms with van der Waals surface area (Å²) < 4.78 is 32.0. The van der Waals surface area contributed by atoms with E-state index >= 15 is 0 Å². The number of nitrogens with zero attached hydrogens (tertiary/aromatic N) is 3. The quantitative estimate of drug-likeness (QED) is 0.535. The van der Waals surface area contributed by atoms with Crippen molar-refractivity contribution >= 4 is 44.6 Å². The van der Waals surface area contributed by atoms with E-state index in [2.05, 4.69) is 5.32 Å². The van der Waals surface area contributed by atoms with Crippen LogP contribution >= 0.6 is 0 Å². The second kappa shape index (κ2) is 9.29. The van der Waals surface area contributed by atoms with E-state index in [0.717, 1.165) is 11.4 Å². The Morgan fingerprint density at radius 3 is 1.47 bits per heavy atom. The number of hydrogen-bond donors (Lipinski definition) is 2. The van der Waals surface area contributed by atoms with Crippen molar-refractivity contribution in [1.29, 1.82) is 0 Å². The van der Waals surface area contributed by atoms with E-state index in [4.69, 9.17) is 0 Å². The van der Waals surface area contributed by atoms with Crippen molar-refractivity contribution in [3.8, 4) is 0 Å². The van der Waals surface area contributed by atoms with E-state index in [0.29, 0.717) is 17.1 Å². The van der Waals surface area contributed by atoms with Crippen LogP contribution in [0.4, 0.5) is 33.2 Å². The molecule has 0 saturated heterocycles. The fourth-order valence-electron chi connectivity index (χ4n) is 3.07. The van der Waals surface area contributed by atoms with Gasteiger partial charge in [0, 0.05) is 45.3 Å². The van der Waals surface area contributed by atoms with Crippen molar-refractivity contribution in [2.24, 2.45) is 0 Å². The lowest BCUT2D eigenvalue weighted by atomic mass is 10.2. The molecule has 0 aromatic heterocycles. The summed E-state index contributed by atoms with van der Waals surface area (Å²) in [5.74, 6) is 0. The Morgan fingerprint density at radius 1 is 0.688 bits per heavy atom. The number of carbonyl (C=O) groups is 1. The lowest BCUT2D eigenvalue weighted by Crippen LogP contribution is -2.30. The van der Waals surface area contributed by atoms with Gasteiger partial charge in [-0.15, -0.1) is 0 Å². The van der Waals surface area contributed by atoms with Gasteiger partial charge in [-0.2, -0.15) is 8.42 Å². The standard InChI is InChI=1S/C23H26N4O4S/c1-25(2)18-7-5-17(6-8-18)24-23(28)27(20-11-9-19(10-12-20)26(3)4)21-13-15-22(16-14-21)32(29,30)31/h5-16H,1-4H3,(H,24,28)(H,29,30,31). The molecule has 0 atom stereocenters. The van der Waals surface area contributed by atoms with Gasteiger partial charge in [0.2, 0.25) is 0 Å². The highest BCUT2D eigenvalue weighted by Crippen LogP contribution is 2.29. The van der Waals surface area contributed by atoms with Crippen molar-refractivity contribution in [3.63, 3.8) is 0 Å². The van der Waals surface area contributed by atoms with Crippen LogP contribution < -0.4 is 20.0 Å². The lowest BCUT2D eigenvalue weighted by Gasteiger charge is -2.24. The van der Waals surface area contributed by atoms with Gasteiger partial charge in [-0.1, -0.05) is 0 Å². The third kappa shape index (κ3) is 5.37. The van der Waals surface area contributed by atoms with Gasteiger partial charge in [-0.25, -0.2) is 4.79 Å². The molecular weight excluding hydrogens is 428 g/mol. The topological polar surface area (TPSA) is 93.2 Å². The Hall–Kier alpha value is -3.56. The molecule has 0 spiro atoms. The average Bonchev–Trinajstić information content (AvgIpc) is 2.74. The fourth-order valence-corrected chi connectivity index (χ4v) is 3.55. The molecule has 32 heavy (non-hydrogen) atoms. The Bertz CT molecular complexity index is 1170. The summed E-state index contributed by atoms with van der Waals surface area (Å²) in [6, 6.07) is 19.8. The zero-order valence-corrected chi connectivity index (χ0v) is 19.2. The molecule has 168 valence electrons. The maximum Gasteiger partial charge on any atom is 0.330 e. The number of nitrogens with one attached hydrogen (secondary N) is 1. The molecule has 0 unspecified atom stereocenters. The van der Waals surface area contributed by atoms with Crippen LogP contribution in [0.15, 0.2) is 77.7 Å². The van der Waals surface area contributed by atoms with Crippen LogP contribution in [0.1, 0.15) is 0 Å². The maximum absolute atomic E-state index is 13.3. The number of rotatable bonds is 6. The van der Waals surface area contributed by atoms with Crippen LogP contribution in [0.25, 0.3) is 0 Å². The summed E-state index contributed by atoms with van der Waals surface area (Å²) in [6.07, 6.45) is 0. The van der Waals surface area contributed by atoms with Crippen molar-refractivity contribution in [1.82, 2.24) is 0 Å². The van der Waals surface area contributed by atoms with E-state index in [-0.39, 0.29) is 4.90 Å². The molecule has 8 nitrogen and oxygen atoms in total. The minimum atomic E-state index is -4.33. The lowest BCUT2D eigenvalue weighted by molar-refractivity contribution is 0.259. The predicted octanol–water partition coefficient (Wildman–Crippen LogP) is 4.44. The molecule has 0 aliphatic carbocycles. The van der Waals surface area contributed by atoms with Crippen LogP contribution in [-0.4, -0.2) is 47.2 Å². The van der Waals surface area contributed by atoms with Crippen LogP contribution in [0.3, 0.4) is 0 Å². The highest BCUT2D eigenvalue weighted by molar-refractivity contribution is 7.85. The normalized spacial score (nSPS) is 11.0. The largest absolute Gasteiger partial charge is 0.378 e. The summed E-state index contributed by atoms with van der Waals surface area (Å²) in [4.78, 5) is 18.4. The molecule has 0 radical (unpaired) electrons. The third-order valence-electron chi connectivity index (χ3n) is 4.86. The molecule has 0 fully saturated rings. The SMILES string of the molecule is CN(C)c1ccc(NC(=O)N(c2ccc(N(C)C)cc2)c2ccc(S(=O)(=O)O)cc2)cc1. The van der Waals surface area contributed by atoms with Crippen molar-refractivity contribution in [2.45, 2.75) is 4.90 Å². The second-order valence-corrected chi connectivity index (χ2v) is 9.01. The average molecular weight is 455 g/mol. The van der Waals surface area contributed by atoms with E-state index in [1.165, 1.54) is 29.2 Å². The first-order valence-electron chi connectivity index (χ1n) is 9.80. The highest BCUT2D eigenvalue weighted by atomic mass is 32.2. The maximum atomic E-state index is 13.3. The van der Waals surface area contributed by atoms with Crippen LogP contribution in [0.2, 0.25) is 0 Å².